The van der Waals surface area contributed by atoms with Crippen molar-refractivity contribution in [3.63, 3.8) is 0 Å². The summed E-state index contributed by atoms with van der Waals surface area (Å²) in [5.74, 6) is 0.779. The van der Waals surface area contributed by atoms with Gasteiger partial charge in [0.2, 0.25) is 0 Å². The van der Waals surface area contributed by atoms with Gasteiger partial charge in [0.05, 0.1) is 18.6 Å². The third-order valence-electron chi connectivity index (χ3n) is 4.07. The number of hydrogen-bond acceptors (Lipinski definition) is 3. The van der Waals surface area contributed by atoms with Crippen LogP contribution < -0.4 is 0 Å². The Labute approximate surface area is 123 Å². The first-order chi connectivity index (χ1) is 8.70. The first kappa shape index (κ1) is 14.6. The van der Waals surface area contributed by atoms with Gasteiger partial charge in [0.1, 0.15) is 0 Å². The quantitative estimate of drug-likeness (QED) is 0.425. The van der Waals surface area contributed by atoms with Crippen molar-refractivity contribution in [2.24, 2.45) is 11.8 Å². The number of carbonyl (C=O) groups is 1. The van der Waals surface area contributed by atoms with Crippen molar-refractivity contribution < 1.29 is 14.3 Å². The first-order valence-electron chi connectivity index (χ1n) is 7.13. The molecule has 0 radical (unpaired) electrons. The highest BCUT2D eigenvalue weighted by atomic mass is 127. The Balaban J connectivity index is 1.74. The van der Waals surface area contributed by atoms with Gasteiger partial charge in [-0.1, -0.05) is 35.4 Å². The summed E-state index contributed by atoms with van der Waals surface area (Å²) in [7, 11) is 0. The van der Waals surface area contributed by atoms with Gasteiger partial charge in [0.25, 0.3) is 0 Å². The maximum Gasteiger partial charge on any atom is 0.309 e. The second kappa shape index (κ2) is 7.08. The van der Waals surface area contributed by atoms with Gasteiger partial charge in [-0.3, -0.25) is 4.79 Å². The van der Waals surface area contributed by atoms with Crippen LogP contribution in [-0.4, -0.2) is 29.2 Å². The molecule has 2 fully saturated rings. The van der Waals surface area contributed by atoms with Crippen molar-refractivity contribution in [3.8, 4) is 0 Å². The zero-order valence-corrected chi connectivity index (χ0v) is 13.2. The molecule has 0 N–H and O–H groups in total. The minimum atomic E-state index is -0.0360. The van der Waals surface area contributed by atoms with Gasteiger partial charge in [0.15, 0.2) is 0 Å². The van der Waals surface area contributed by atoms with E-state index in [2.05, 4.69) is 22.6 Å². The fourth-order valence-electron chi connectivity index (χ4n) is 3.01. The number of alkyl halides is 1. The molecule has 104 valence electrons. The molecular formula is C14H23IO3. The Hall–Kier alpha value is 0.160. The first-order valence-corrected chi connectivity index (χ1v) is 8.37. The van der Waals surface area contributed by atoms with Crippen molar-refractivity contribution in [2.45, 2.75) is 55.5 Å². The van der Waals surface area contributed by atoms with Crippen LogP contribution in [0, 0.1) is 11.8 Å². The van der Waals surface area contributed by atoms with Crippen molar-refractivity contribution in [1.82, 2.24) is 0 Å². The van der Waals surface area contributed by atoms with Crippen LogP contribution in [0.25, 0.3) is 0 Å². The Morgan fingerprint density at radius 1 is 1.28 bits per heavy atom. The summed E-state index contributed by atoms with van der Waals surface area (Å²) in [6.07, 6.45) is 7.37. The molecule has 0 aromatic heterocycles. The zero-order valence-electron chi connectivity index (χ0n) is 11.1. The maximum atomic E-state index is 11.7. The average Bonchev–Trinajstić information content (AvgIpc) is 2.96. The summed E-state index contributed by atoms with van der Waals surface area (Å²) in [4.78, 5) is 11.7. The lowest BCUT2D eigenvalue weighted by molar-refractivity contribution is -0.148. The lowest BCUT2D eigenvalue weighted by Gasteiger charge is -2.18. The number of rotatable bonds is 5. The van der Waals surface area contributed by atoms with Crippen LogP contribution in [0.2, 0.25) is 0 Å². The molecular weight excluding hydrogens is 343 g/mol. The third kappa shape index (κ3) is 3.83. The number of halogens is 1. The average molecular weight is 366 g/mol. The molecule has 0 bridgehead atoms. The zero-order chi connectivity index (χ0) is 13.0. The maximum absolute atomic E-state index is 11.7. The summed E-state index contributed by atoms with van der Waals surface area (Å²) < 4.78 is 11.6. The summed E-state index contributed by atoms with van der Waals surface area (Å²) in [5.41, 5.74) is 0. The molecule has 2 aliphatic carbocycles. The predicted molar refractivity (Wildman–Crippen MR) is 78.9 cm³/mol. The van der Waals surface area contributed by atoms with E-state index in [0.717, 1.165) is 25.4 Å². The van der Waals surface area contributed by atoms with Gasteiger partial charge >= 0.3 is 5.97 Å². The van der Waals surface area contributed by atoms with Crippen LogP contribution in [0.5, 0.6) is 0 Å². The summed E-state index contributed by atoms with van der Waals surface area (Å²) in [6.45, 7) is 3.23. The summed E-state index contributed by atoms with van der Waals surface area (Å²) in [6, 6.07) is 0. The number of hydrogen-bond donors (Lipinski definition) is 0. The normalized spacial score (nSPS) is 32.9. The monoisotopic (exact) mass is 366 g/mol. The van der Waals surface area contributed by atoms with E-state index in [-0.39, 0.29) is 18.0 Å². The van der Waals surface area contributed by atoms with Gasteiger partial charge in [-0.25, -0.2) is 0 Å². The fraction of sp³-hybridized carbons (Fsp3) is 0.929. The van der Waals surface area contributed by atoms with Crippen molar-refractivity contribution >= 4 is 28.6 Å². The molecule has 18 heavy (non-hydrogen) atoms. The SMILES string of the molecule is CCOC(=O)C1CC(I)C(OCC2CCCC2)C1. The predicted octanol–water partition coefficient (Wildman–Crippen LogP) is 3.34. The van der Waals surface area contributed by atoms with E-state index in [0.29, 0.717) is 10.5 Å². The largest absolute Gasteiger partial charge is 0.466 e. The van der Waals surface area contributed by atoms with Gasteiger partial charge in [-0.2, -0.15) is 0 Å². The third-order valence-corrected chi connectivity index (χ3v) is 5.38. The molecule has 3 unspecified atom stereocenters. The molecule has 0 saturated heterocycles. The Morgan fingerprint density at radius 3 is 2.67 bits per heavy atom. The van der Waals surface area contributed by atoms with Gasteiger partial charge in [0, 0.05) is 10.5 Å². The molecule has 2 aliphatic rings. The Bertz CT molecular complexity index is 276. The van der Waals surface area contributed by atoms with Gasteiger partial charge < -0.3 is 9.47 Å². The minimum absolute atomic E-state index is 0.0360. The van der Waals surface area contributed by atoms with Crippen molar-refractivity contribution in [2.75, 3.05) is 13.2 Å². The molecule has 3 atom stereocenters. The Morgan fingerprint density at radius 2 is 2.00 bits per heavy atom. The molecule has 0 amide bonds. The van der Waals surface area contributed by atoms with Gasteiger partial charge in [-0.05, 0) is 38.5 Å². The second-order valence-electron chi connectivity index (χ2n) is 5.46. The van der Waals surface area contributed by atoms with E-state index >= 15 is 0 Å². The summed E-state index contributed by atoms with van der Waals surface area (Å²) >= 11 is 2.42. The lowest BCUT2D eigenvalue weighted by Crippen LogP contribution is -2.21. The van der Waals surface area contributed by atoms with Crippen molar-refractivity contribution in [1.29, 1.82) is 0 Å². The van der Waals surface area contributed by atoms with Crippen LogP contribution in [-0.2, 0) is 14.3 Å². The lowest BCUT2D eigenvalue weighted by atomic mass is 10.1. The highest BCUT2D eigenvalue weighted by Crippen LogP contribution is 2.35. The molecule has 2 rings (SSSR count). The molecule has 4 heteroatoms. The molecule has 0 aromatic carbocycles. The van der Waals surface area contributed by atoms with Crippen molar-refractivity contribution in [3.05, 3.63) is 0 Å². The second-order valence-corrected chi connectivity index (χ2v) is 7.06. The molecule has 0 aromatic rings. The highest BCUT2D eigenvalue weighted by Gasteiger charge is 2.38. The van der Waals surface area contributed by atoms with Crippen LogP contribution >= 0.6 is 22.6 Å². The molecule has 3 nitrogen and oxygen atoms in total. The van der Waals surface area contributed by atoms with Crippen LogP contribution in [0.15, 0.2) is 0 Å². The molecule has 0 aliphatic heterocycles. The Kier molecular flexibility index (Phi) is 5.73. The van der Waals surface area contributed by atoms with E-state index in [4.69, 9.17) is 9.47 Å². The topological polar surface area (TPSA) is 35.5 Å². The highest BCUT2D eigenvalue weighted by molar-refractivity contribution is 14.1. The number of ether oxygens (including phenoxy) is 2. The van der Waals surface area contributed by atoms with E-state index in [1.54, 1.807) is 0 Å². The van der Waals surface area contributed by atoms with E-state index in [9.17, 15) is 4.79 Å². The van der Waals surface area contributed by atoms with E-state index < -0.39 is 0 Å². The minimum Gasteiger partial charge on any atom is -0.466 e. The number of carbonyl (C=O) groups excluding carboxylic acids is 1. The van der Waals surface area contributed by atoms with Crippen LogP contribution in [0.4, 0.5) is 0 Å². The summed E-state index contributed by atoms with van der Waals surface area (Å²) in [5, 5.41) is 0. The standard InChI is InChI=1S/C14H23IO3/c1-2-17-14(16)11-7-12(15)13(8-11)18-9-10-5-3-4-6-10/h10-13H,2-9H2,1H3. The molecule has 2 saturated carbocycles. The van der Waals surface area contributed by atoms with Gasteiger partial charge in [-0.15, -0.1) is 0 Å². The smallest absolute Gasteiger partial charge is 0.309 e. The number of esters is 1. The van der Waals surface area contributed by atoms with E-state index in [1.807, 2.05) is 6.92 Å². The van der Waals surface area contributed by atoms with Crippen LogP contribution in [0.1, 0.15) is 45.4 Å². The molecule has 0 heterocycles. The molecule has 0 spiro atoms. The van der Waals surface area contributed by atoms with E-state index in [1.165, 1.54) is 25.7 Å². The fourth-order valence-corrected chi connectivity index (χ4v) is 4.12. The van der Waals surface area contributed by atoms with Crippen LogP contribution in [0.3, 0.4) is 0 Å².